The van der Waals surface area contributed by atoms with Gasteiger partial charge in [0.15, 0.2) is 0 Å². The second kappa shape index (κ2) is 5.80. The Morgan fingerprint density at radius 2 is 1.70 bits per heavy atom. The van der Waals surface area contributed by atoms with Crippen molar-refractivity contribution in [3.05, 3.63) is 70.8 Å². The molecule has 1 saturated carbocycles. The van der Waals surface area contributed by atoms with Crippen LogP contribution in [0.1, 0.15) is 41.1 Å². The summed E-state index contributed by atoms with van der Waals surface area (Å²) in [4.78, 5) is 0. The van der Waals surface area contributed by atoms with E-state index in [1.54, 1.807) is 0 Å². The molecule has 0 saturated heterocycles. The number of benzene rings is 2. The Hall–Kier alpha value is -1.60. The summed E-state index contributed by atoms with van der Waals surface area (Å²) in [6.07, 6.45) is 2.72. The molecule has 2 aromatic rings. The first-order valence-electron chi connectivity index (χ1n) is 7.58. The summed E-state index contributed by atoms with van der Waals surface area (Å²) < 4.78 is 0. The lowest BCUT2D eigenvalue weighted by Gasteiger charge is -2.20. The van der Waals surface area contributed by atoms with Crippen molar-refractivity contribution >= 4 is 0 Å². The first-order valence-corrected chi connectivity index (χ1v) is 7.58. The average Bonchev–Trinajstić information content (AvgIpc) is 3.27. The maximum atomic E-state index is 3.77. The molecule has 0 spiro atoms. The van der Waals surface area contributed by atoms with Gasteiger partial charge in [0, 0.05) is 12.6 Å². The lowest BCUT2D eigenvalue weighted by molar-refractivity contribution is 0.479. The molecule has 1 heteroatoms. The Morgan fingerprint density at radius 3 is 2.35 bits per heavy atom. The molecular formula is C19H23N. The maximum absolute atomic E-state index is 3.77. The van der Waals surface area contributed by atoms with Crippen LogP contribution in [-0.4, -0.2) is 0 Å². The van der Waals surface area contributed by atoms with Gasteiger partial charge in [-0.3, -0.25) is 0 Å². The van der Waals surface area contributed by atoms with Gasteiger partial charge in [-0.05, 0) is 49.3 Å². The van der Waals surface area contributed by atoms with Gasteiger partial charge in [0.2, 0.25) is 0 Å². The molecule has 3 rings (SSSR count). The van der Waals surface area contributed by atoms with Crippen molar-refractivity contribution in [1.29, 1.82) is 0 Å². The van der Waals surface area contributed by atoms with Gasteiger partial charge in [0.25, 0.3) is 0 Å². The smallest absolute Gasteiger partial charge is 0.0351 e. The molecule has 1 aliphatic rings. The van der Waals surface area contributed by atoms with E-state index in [0.717, 1.165) is 12.5 Å². The lowest BCUT2D eigenvalue weighted by Crippen LogP contribution is -2.23. The van der Waals surface area contributed by atoms with Crippen LogP contribution in [0.4, 0.5) is 0 Å². The summed E-state index contributed by atoms with van der Waals surface area (Å²) >= 11 is 0. The van der Waals surface area contributed by atoms with Crippen LogP contribution in [0, 0.1) is 19.8 Å². The Balaban J connectivity index is 1.72. The van der Waals surface area contributed by atoms with Gasteiger partial charge in [-0.2, -0.15) is 0 Å². The second-order valence-corrected chi connectivity index (χ2v) is 6.03. The Morgan fingerprint density at radius 1 is 1.00 bits per heavy atom. The van der Waals surface area contributed by atoms with Gasteiger partial charge in [-0.25, -0.2) is 0 Å². The molecule has 104 valence electrons. The van der Waals surface area contributed by atoms with Crippen LogP contribution in [-0.2, 0) is 6.54 Å². The third-order valence-corrected chi connectivity index (χ3v) is 4.30. The van der Waals surface area contributed by atoms with Gasteiger partial charge in [-0.1, -0.05) is 54.1 Å². The Labute approximate surface area is 122 Å². The van der Waals surface area contributed by atoms with E-state index in [-0.39, 0.29) is 0 Å². The minimum atomic E-state index is 0.509. The summed E-state index contributed by atoms with van der Waals surface area (Å²) in [6, 6.07) is 18.2. The summed E-state index contributed by atoms with van der Waals surface area (Å²) in [5.74, 6) is 0.821. The highest BCUT2D eigenvalue weighted by atomic mass is 14.9. The summed E-state index contributed by atoms with van der Waals surface area (Å²) in [7, 11) is 0. The molecule has 2 aromatic carbocycles. The zero-order valence-corrected chi connectivity index (χ0v) is 12.4. The number of hydrogen-bond acceptors (Lipinski definition) is 1. The fraction of sp³-hybridized carbons (Fsp3) is 0.368. The largest absolute Gasteiger partial charge is 0.306 e. The summed E-state index contributed by atoms with van der Waals surface area (Å²) in [5.41, 5.74) is 5.55. The maximum Gasteiger partial charge on any atom is 0.0351 e. The first kappa shape index (κ1) is 13.4. The summed E-state index contributed by atoms with van der Waals surface area (Å²) in [5, 5.41) is 3.77. The molecule has 1 N–H and O–H groups in total. The molecule has 0 amide bonds. The predicted octanol–water partition coefficient (Wildman–Crippen LogP) is 4.54. The average molecular weight is 265 g/mol. The van der Waals surface area contributed by atoms with Crippen LogP contribution in [0.3, 0.4) is 0 Å². The number of nitrogens with one attached hydrogen (secondary N) is 1. The minimum absolute atomic E-state index is 0.509. The van der Waals surface area contributed by atoms with Crippen molar-refractivity contribution in [3.63, 3.8) is 0 Å². The fourth-order valence-corrected chi connectivity index (χ4v) is 2.79. The Kier molecular flexibility index (Phi) is 3.88. The molecule has 1 atom stereocenters. The van der Waals surface area contributed by atoms with E-state index in [1.807, 2.05) is 0 Å². The van der Waals surface area contributed by atoms with Crippen LogP contribution >= 0.6 is 0 Å². The highest BCUT2D eigenvalue weighted by Gasteiger charge is 2.31. The standard InChI is InChI=1S/C19H23N/c1-14-7-9-16(10-8-14)19(17-11-12-17)20-13-18-6-4-3-5-15(18)2/h3-10,17,19-20H,11-13H2,1-2H3. The van der Waals surface area contributed by atoms with E-state index in [0.29, 0.717) is 6.04 Å². The number of hydrogen-bond donors (Lipinski definition) is 1. The van der Waals surface area contributed by atoms with Crippen LogP contribution in [0.2, 0.25) is 0 Å². The highest BCUT2D eigenvalue weighted by Crippen LogP contribution is 2.41. The van der Waals surface area contributed by atoms with Gasteiger partial charge in [0.05, 0.1) is 0 Å². The summed E-state index contributed by atoms with van der Waals surface area (Å²) in [6.45, 7) is 5.30. The molecule has 1 aliphatic carbocycles. The third-order valence-electron chi connectivity index (χ3n) is 4.30. The molecular weight excluding hydrogens is 242 g/mol. The van der Waals surface area contributed by atoms with E-state index < -0.39 is 0 Å². The van der Waals surface area contributed by atoms with Crippen molar-refractivity contribution in [2.75, 3.05) is 0 Å². The Bertz CT molecular complexity index is 567. The zero-order chi connectivity index (χ0) is 13.9. The van der Waals surface area contributed by atoms with Gasteiger partial charge in [0.1, 0.15) is 0 Å². The third kappa shape index (κ3) is 3.10. The van der Waals surface area contributed by atoms with Crippen molar-refractivity contribution in [3.8, 4) is 0 Å². The van der Waals surface area contributed by atoms with E-state index >= 15 is 0 Å². The van der Waals surface area contributed by atoms with Crippen molar-refractivity contribution < 1.29 is 0 Å². The van der Waals surface area contributed by atoms with Crippen LogP contribution in [0.5, 0.6) is 0 Å². The van der Waals surface area contributed by atoms with E-state index in [4.69, 9.17) is 0 Å². The predicted molar refractivity (Wildman–Crippen MR) is 84.7 cm³/mol. The minimum Gasteiger partial charge on any atom is -0.306 e. The molecule has 0 aromatic heterocycles. The van der Waals surface area contributed by atoms with E-state index in [1.165, 1.54) is 35.1 Å². The first-order chi connectivity index (χ1) is 9.74. The van der Waals surface area contributed by atoms with Crippen molar-refractivity contribution in [2.45, 2.75) is 39.3 Å². The van der Waals surface area contributed by atoms with Gasteiger partial charge >= 0.3 is 0 Å². The molecule has 0 bridgehead atoms. The zero-order valence-electron chi connectivity index (χ0n) is 12.4. The van der Waals surface area contributed by atoms with Crippen molar-refractivity contribution in [2.24, 2.45) is 5.92 Å². The second-order valence-electron chi connectivity index (χ2n) is 6.03. The fourth-order valence-electron chi connectivity index (χ4n) is 2.79. The van der Waals surface area contributed by atoms with Crippen LogP contribution < -0.4 is 5.32 Å². The quantitative estimate of drug-likeness (QED) is 0.836. The molecule has 0 heterocycles. The number of rotatable bonds is 5. The SMILES string of the molecule is Cc1ccc(C(NCc2ccccc2C)C2CC2)cc1. The number of aryl methyl sites for hydroxylation is 2. The highest BCUT2D eigenvalue weighted by molar-refractivity contribution is 5.28. The molecule has 0 aliphatic heterocycles. The van der Waals surface area contributed by atoms with Gasteiger partial charge < -0.3 is 5.32 Å². The van der Waals surface area contributed by atoms with Crippen LogP contribution in [0.15, 0.2) is 48.5 Å². The lowest BCUT2D eigenvalue weighted by atomic mass is 10.0. The monoisotopic (exact) mass is 265 g/mol. The van der Waals surface area contributed by atoms with E-state index in [9.17, 15) is 0 Å². The normalized spacial score (nSPS) is 16.1. The molecule has 1 fully saturated rings. The molecule has 0 radical (unpaired) electrons. The molecule has 20 heavy (non-hydrogen) atoms. The van der Waals surface area contributed by atoms with E-state index in [2.05, 4.69) is 67.7 Å². The molecule has 1 nitrogen and oxygen atoms in total. The van der Waals surface area contributed by atoms with Crippen molar-refractivity contribution in [1.82, 2.24) is 5.32 Å². The topological polar surface area (TPSA) is 12.0 Å². The van der Waals surface area contributed by atoms with Crippen LogP contribution in [0.25, 0.3) is 0 Å². The molecule has 1 unspecified atom stereocenters. The van der Waals surface area contributed by atoms with Gasteiger partial charge in [-0.15, -0.1) is 0 Å².